The second-order valence-corrected chi connectivity index (χ2v) is 4.73. The molecule has 0 spiro atoms. The summed E-state index contributed by atoms with van der Waals surface area (Å²) in [6.07, 6.45) is 1.97. The maximum Gasteiger partial charge on any atom is 0.337 e. The predicted molar refractivity (Wildman–Crippen MR) is 74.9 cm³/mol. The molecule has 0 bridgehead atoms. The highest BCUT2D eigenvalue weighted by atomic mass is 32.2. The first-order valence-corrected chi connectivity index (χ1v) is 6.76. The first-order valence-electron chi connectivity index (χ1n) is 5.54. The number of carbonyl (C=O) groups is 1. The lowest BCUT2D eigenvalue weighted by Crippen LogP contribution is -2.03. The Morgan fingerprint density at radius 1 is 1.21 bits per heavy atom. The summed E-state index contributed by atoms with van der Waals surface area (Å²) in [6, 6.07) is 11.0. The minimum atomic E-state index is -1.09. The van der Waals surface area contributed by atoms with Crippen molar-refractivity contribution in [2.45, 2.75) is 4.90 Å². The SMILES string of the molecule is CSc1ccc(Nc2cc(F)ccc2C(=O)O)cc1. The van der Waals surface area contributed by atoms with Gasteiger partial charge in [0, 0.05) is 10.6 Å². The van der Waals surface area contributed by atoms with Crippen molar-refractivity contribution in [2.24, 2.45) is 0 Å². The number of hydrogen-bond acceptors (Lipinski definition) is 3. The monoisotopic (exact) mass is 277 g/mol. The third kappa shape index (κ3) is 3.26. The number of nitrogens with one attached hydrogen (secondary N) is 1. The molecule has 2 aromatic rings. The number of carboxylic acids is 1. The number of anilines is 2. The van der Waals surface area contributed by atoms with Crippen LogP contribution in [0.3, 0.4) is 0 Å². The lowest BCUT2D eigenvalue weighted by atomic mass is 10.1. The van der Waals surface area contributed by atoms with Crippen LogP contribution < -0.4 is 5.32 Å². The number of benzene rings is 2. The third-order valence-corrected chi connectivity index (χ3v) is 3.32. The van der Waals surface area contributed by atoms with Crippen molar-refractivity contribution in [3.05, 3.63) is 53.8 Å². The quantitative estimate of drug-likeness (QED) is 0.830. The van der Waals surface area contributed by atoms with E-state index in [2.05, 4.69) is 5.32 Å². The molecule has 0 amide bonds. The molecule has 0 heterocycles. The molecule has 2 aromatic carbocycles. The molecule has 0 fully saturated rings. The standard InChI is InChI=1S/C14H12FNO2S/c1-19-11-5-3-10(4-6-11)16-13-8-9(15)2-7-12(13)14(17)18/h2-8,16H,1H3,(H,17,18). The molecule has 0 aliphatic heterocycles. The first kappa shape index (κ1) is 13.4. The summed E-state index contributed by atoms with van der Waals surface area (Å²) in [4.78, 5) is 12.2. The summed E-state index contributed by atoms with van der Waals surface area (Å²) >= 11 is 1.61. The molecule has 0 saturated carbocycles. The Morgan fingerprint density at radius 2 is 1.89 bits per heavy atom. The Morgan fingerprint density at radius 3 is 2.47 bits per heavy atom. The third-order valence-electron chi connectivity index (χ3n) is 2.58. The highest BCUT2D eigenvalue weighted by Crippen LogP contribution is 2.24. The topological polar surface area (TPSA) is 49.3 Å². The van der Waals surface area contributed by atoms with E-state index in [0.29, 0.717) is 5.69 Å². The zero-order valence-corrected chi connectivity index (χ0v) is 11.0. The summed E-state index contributed by atoms with van der Waals surface area (Å²) in [6.45, 7) is 0. The first-order chi connectivity index (χ1) is 9.10. The summed E-state index contributed by atoms with van der Waals surface area (Å²) in [5, 5.41) is 12.0. The van der Waals surface area contributed by atoms with E-state index in [1.165, 1.54) is 12.1 Å². The largest absolute Gasteiger partial charge is 0.478 e. The van der Waals surface area contributed by atoms with Crippen LogP contribution >= 0.6 is 11.8 Å². The highest BCUT2D eigenvalue weighted by molar-refractivity contribution is 7.98. The maximum absolute atomic E-state index is 13.2. The lowest BCUT2D eigenvalue weighted by molar-refractivity contribution is 0.0698. The zero-order chi connectivity index (χ0) is 13.8. The highest BCUT2D eigenvalue weighted by Gasteiger charge is 2.11. The van der Waals surface area contributed by atoms with Gasteiger partial charge >= 0.3 is 5.97 Å². The van der Waals surface area contributed by atoms with Crippen molar-refractivity contribution in [3.63, 3.8) is 0 Å². The van der Waals surface area contributed by atoms with Gasteiger partial charge in [-0.25, -0.2) is 9.18 Å². The van der Waals surface area contributed by atoms with Gasteiger partial charge in [0.2, 0.25) is 0 Å². The molecule has 2 rings (SSSR count). The molecule has 0 radical (unpaired) electrons. The number of carboxylic acid groups (broad SMARTS) is 1. The Labute approximate surface area is 114 Å². The summed E-state index contributed by atoms with van der Waals surface area (Å²) in [5.41, 5.74) is 0.991. The molecular weight excluding hydrogens is 265 g/mol. The van der Waals surface area contributed by atoms with Gasteiger partial charge in [0.25, 0.3) is 0 Å². The molecule has 0 aromatic heterocycles. The molecule has 98 valence electrons. The normalized spacial score (nSPS) is 10.2. The Hall–Kier alpha value is -2.01. The van der Waals surface area contributed by atoms with Crippen molar-refractivity contribution < 1.29 is 14.3 Å². The number of aromatic carboxylic acids is 1. The van der Waals surface area contributed by atoms with Crippen molar-refractivity contribution in [1.82, 2.24) is 0 Å². The molecule has 3 nitrogen and oxygen atoms in total. The minimum absolute atomic E-state index is 0.0374. The molecule has 19 heavy (non-hydrogen) atoms. The van der Waals surface area contributed by atoms with Gasteiger partial charge in [0.05, 0.1) is 11.3 Å². The van der Waals surface area contributed by atoms with E-state index in [1.807, 2.05) is 30.5 Å². The smallest absolute Gasteiger partial charge is 0.337 e. The van der Waals surface area contributed by atoms with Crippen LogP contribution in [0.25, 0.3) is 0 Å². The Bertz CT molecular complexity index is 599. The molecular formula is C14H12FNO2S. The summed E-state index contributed by atoms with van der Waals surface area (Å²) < 4.78 is 13.2. The van der Waals surface area contributed by atoms with Crippen molar-refractivity contribution in [1.29, 1.82) is 0 Å². The van der Waals surface area contributed by atoms with Crippen LogP contribution in [0.1, 0.15) is 10.4 Å². The fourth-order valence-corrected chi connectivity index (χ4v) is 2.04. The van der Waals surface area contributed by atoms with Gasteiger partial charge < -0.3 is 10.4 Å². The predicted octanol–water partition coefficient (Wildman–Crippen LogP) is 3.99. The van der Waals surface area contributed by atoms with Gasteiger partial charge in [0.15, 0.2) is 0 Å². The summed E-state index contributed by atoms with van der Waals surface area (Å²) in [5.74, 6) is -1.57. The van der Waals surface area contributed by atoms with Gasteiger partial charge in [-0.15, -0.1) is 11.8 Å². The average molecular weight is 277 g/mol. The molecule has 0 unspecified atom stereocenters. The van der Waals surface area contributed by atoms with E-state index >= 15 is 0 Å². The van der Waals surface area contributed by atoms with E-state index in [0.717, 1.165) is 11.0 Å². The second-order valence-electron chi connectivity index (χ2n) is 3.85. The molecule has 0 aliphatic rings. The minimum Gasteiger partial charge on any atom is -0.478 e. The van der Waals surface area contributed by atoms with E-state index in [9.17, 15) is 9.18 Å². The maximum atomic E-state index is 13.2. The zero-order valence-electron chi connectivity index (χ0n) is 10.2. The fraction of sp³-hybridized carbons (Fsp3) is 0.0714. The number of rotatable bonds is 4. The summed E-state index contributed by atoms with van der Waals surface area (Å²) in [7, 11) is 0. The molecule has 0 saturated heterocycles. The van der Waals surface area contributed by atoms with E-state index < -0.39 is 11.8 Å². The second kappa shape index (κ2) is 5.75. The molecule has 0 aliphatic carbocycles. The van der Waals surface area contributed by atoms with Crippen LogP contribution in [0.15, 0.2) is 47.4 Å². The Kier molecular flexibility index (Phi) is 4.06. The van der Waals surface area contributed by atoms with E-state index in [1.54, 1.807) is 11.8 Å². The molecule has 2 N–H and O–H groups in total. The van der Waals surface area contributed by atoms with Crippen LogP contribution in [0.4, 0.5) is 15.8 Å². The van der Waals surface area contributed by atoms with Crippen LogP contribution in [0, 0.1) is 5.82 Å². The average Bonchev–Trinajstić information content (AvgIpc) is 2.39. The van der Waals surface area contributed by atoms with Gasteiger partial charge in [-0.3, -0.25) is 0 Å². The van der Waals surface area contributed by atoms with Gasteiger partial charge in [0.1, 0.15) is 5.82 Å². The van der Waals surface area contributed by atoms with Crippen molar-refractivity contribution in [2.75, 3.05) is 11.6 Å². The number of halogens is 1. The van der Waals surface area contributed by atoms with Gasteiger partial charge in [-0.1, -0.05) is 0 Å². The van der Waals surface area contributed by atoms with Crippen LogP contribution in [0.5, 0.6) is 0 Å². The van der Waals surface area contributed by atoms with E-state index in [-0.39, 0.29) is 11.3 Å². The van der Waals surface area contributed by atoms with Crippen LogP contribution in [-0.4, -0.2) is 17.3 Å². The number of hydrogen-bond donors (Lipinski definition) is 2. The van der Waals surface area contributed by atoms with Crippen molar-refractivity contribution >= 4 is 29.1 Å². The Balaban J connectivity index is 2.31. The van der Waals surface area contributed by atoms with E-state index in [4.69, 9.17) is 5.11 Å². The lowest BCUT2D eigenvalue weighted by Gasteiger charge is -2.10. The van der Waals surface area contributed by atoms with Crippen molar-refractivity contribution in [3.8, 4) is 0 Å². The van der Waals surface area contributed by atoms with Crippen LogP contribution in [0.2, 0.25) is 0 Å². The van der Waals surface area contributed by atoms with Gasteiger partial charge in [-0.05, 0) is 48.7 Å². The number of thioether (sulfide) groups is 1. The van der Waals surface area contributed by atoms with Crippen LogP contribution in [-0.2, 0) is 0 Å². The molecule has 5 heteroatoms. The molecule has 0 atom stereocenters. The fourth-order valence-electron chi connectivity index (χ4n) is 1.64. The van der Waals surface area contributed by atoms with Gasteiger partial charge in [-0.2, -0.15) is 0 Å².